The lowest BCUT2D eigenvalue weighted by Crippen LogP contribution is -2.33. The zero-order chi connectivity index (χ0) is 13.0. The van der Waals surface area contributed by atoms with Crippen LogP contribution in [0.1, 0.15) is 31.9 Å². The molecule has 1 fully saturated rings. The number of hydrogen-bond donors (Lipinski definition) is 1. The van der Waals surface area contributed by atoms with E-state index in [1.165, 1.54) is 32.4 Å². The monoisotopic (exact) mass is 267 g/mol. The molecule has 0 atom stereocenters. The summed E-state index contributed by atoms with van der Waals surface area (Å²) in [7, 11) is 1.88. The van der Waals surface area contributed by atoms with Crippen LogP contribution in [0.4, 0.5) is 5.82 Å². The SMILES string of the molecule is CCC1CCN(Cc2nc(NC)ccc2Cl)CC1. The topological polar surface area (TPSA) is 28.2 Å². The molecule has 0 radical (unpaired) electrons. The summed E-state index contributed by atoms with van der Waals surface area (Å²) in [5.41, 5.74) is 0.985. The van der Waals surface area contributed by atoms with Gasteiger partial charge in [0.05, 0.1) is 10.7 Å². The van der Waals surface area contributed by atoms with Crippen molar-refractivity contribution < 1.29 is 0 Å². The molecule has 0 aromatic carbocycles. The molecule has 1 aliphatic rings. The molecule has 0 amide bonds. The Morgan fingerprint density at radius 1 is 1.39 bits per heavy atom. The zero-order valence-corrected chi connectivity index (χ0v) is 12.0. The molecule has 0 unspecified atom stereocenters. The fraction of sp³-hybridized carbons (Fsp3) is 0.643. The average Bonchev–Trinajstić information content (AvgIpc) is 2.42. The number of likely N-dealkylation sites (tertiary alicyclic amines) is 1. The van der Waals surface area contributed by atoms with E-state index in [2.05, 4.69) is 22.1 Å². The molecule has 2 rings (SSSR count). The highest BCUT2D eigenvalue weighted by molar-refractivity contribution is 6.31. The van der Waals surface area contributed by atoms with Crippen molar-refractivity contribution in [1.82, 2.24) is 9.88 Å². The Bertz CT molecular complexity index is 387. The van der Waals surface area contributed by atoms with Crippen LogP contribution in [0.15, 0.2) is 12.1 Å². The predicted octanol–water partition coefficient (Wildman–Crippen LogP) is 3.40. The lowest BCUT2D eigenvalue weighted by atomic mass is 9.94. The number of halogens is 1. The van der Waals surface area contributed by atoms with Gasteiger partial charge in [-0.25, -0.2) is 4.98 Å². The van der Waals surface area contributed by atoms with Crippen LogP contribution in [0.5, 0.6) is 0 Å². The number of aromatic nitrogens is 1. The Kier molecular flexibility index (Phi) is 4.84. The Morgan fingerprint density at radius 2 is 2.11 bits per heavy atom. The fourth-order valence-corrected chi connectivity index (χ4v) is 2.66. The molecule has 1 aromatic heterocycles. The van der Waals surface area contributed by atoms with Gasteiger partial charge in [-0.05, 0) is 44.0 Å². The molecule has 18 heavy (non-hydrogen) atoms. The van der Waals surface area contributed by atoms with E-state index in [9.17, 15) is 0 Å². The lowest BCUT2D eigenvalue weighted by Gasteiger charge is -2.31. The largest absolute Gasteiger partial charge is 0.373 e. The summed E-state index contributed by atoms with van der Waals surface area (Å²) in [6.45, 7) is 5.49. The highest BCUT2D eigenvalue weighted by Gasteiger charge is 2.19. The molecule has 100 valence electrons. The molecule has 1 saturated heterocycles. The van der Waals surface area contributed by atoms with E-state index >= 15 is 0 Å². The third-order valence-corrected chi connectivity index (χ3v) is 4.18. The van der Waals surface area contributed by atoms with Gasteiger partial charge >= 0.3 is 0 Å². The van der Waals surface area contributed by atoms with Crippen molar-refractivity contribution >= 4 is 17.4 Å². The predicted molar refractivity (Wildman–Crippen MR) is 77.1 cm³/mol. The van der Waals surface area contributed by atoms with E-state index in [1.807, 2.05) is 19.2 Å². The molecule has 1 aliphatic heterocycles. The number of nitrogens with one attached hydrogen (secondary N) is 1. The van der Waals surface area contributed by atoms with Crippen molar-refractivity contribution in [2.24, 2.45) is 5.92 Å². The van der Waals surface area contributed by atoms with Gasteiger partial charge in [-0.15, -0.1) is 0 Å². The number of pyridine rings is 1. The van der Waals surface area contributed by atoms with Crippen LogP contribution in [0.3, 0.4) is 0 Å². The van der Waals surface area contributed by atoms with E-state index in [0.717, 1.165) is 29.0 Å². The summed E-state index contributed by atoms with van der Waals surface area (Å²) in [4.78, 5) is 7.00. The maximum Gasteiger partial charge on any atom is 0.126 e. The maximum absolute atomic E-state index is 6.21. The third-order valence-electron chi connectivity index (χ3n) is 3.83. The Morgan fingerprint density at radius 3 is 2.72 bits per heavy atom. The van der Waals surface area contributed by atoms with E-state index in [0.29, 0.717) is 0 Å². The lowest BCUT2D eigenvalue weighted by molar-refractivity contribution is 0.173. The number of rotatable bonds is 4. The highest BCUT2D eigenvalue weighted by atomic mass is 35.5. The molecule has 0 aliphatic carbocycles. The standard InChI is InChI=1S/C14H22ClN3/c1-3-11-6-8-18(9-7-11)10-13-12(15)4-5-14(16-2)17-13/h4-5,11H,3,6-10H2,1-2H3,(H,16,17). The normalized spacial score (nSPS) is 17.9. The van der Waals surface area contributed by atoms with Crippen molar-refractivity contribution in [2.75, 3.05) is 25.5 Å². The summed E-state index contributed by atoms with van der Waals surface area (Å²) in [5, 5.41) is 3.83. The van der Waals surface area contributed by atoms with Gasteiger partial charge in [0.25, 0.3) is 0 Å². The van der Waals surface area contributed by atoms with Crippen molar-refractivity contribution in [3.63, 3.8) is 0 Å². The minimum Gasteiger partial charge on any atom is -0.373 e. The molecular weight excluding hydrogens is 246 g/mol. The molecule has 3 nitrogen and oxygen atoms in total. The molecule has 4 heteroatoms. The van der Waals surface area contributed by atoms with Crippen LogP contribution < -0.4 is 5.32 Å². The van der Waals surface area contributed by atoms with Crippen LogP contribution >= 0.6 is 11.6 Å². The van der Waals surface area contributed by atoms with Crippen LogP contribution in [0.25, 0.3) is 0 Å². The van der Waals surface area contributed by atoms with Gasteiger partial charge in [0.1, 0.15) is 5.82 Å². The molecule has 2 heterocycles. The van der Waals surface area contributed by atoms with Crippen molar-refractivity contribution in [3.8, 4) is 0 Å². The molecule has 0 bridgehead atoms. The summed E-state index contributed by atoms with van der Waals surface area (Å²) >= 11 is 6.21. The van der Waals surface area contributed by atoms with Crippen molar-refractivity contribution in [1.29, 1.82) is 0 Å². The summed E-state index contributed by atoms with van der Waals surface area (Å²) < 4.78 is 0. The van der Waals surface area contributed by atoms with Gasteiger partial charge in [-0.3, -0.25) is 4.90 Å². The van der Waals surface area contributed by atoms with Crippen LogP contribution in [-0.2, 0) is 6.54 Å². The summed E-state index contributed by atoms with van der Waals surface area (Å²) in [5.74, 6) is 1.80. The summed E-state index contributed by atoms with van der Waals surface area (Å²) in [6.07, 6.45) is 3.92. The Hall–Kier alpha value is -0.800. The first-order chi connectivity index (χ1) is 8.72. The second-order valence-corrected chi connectivity index (χ2v) is 5.41. The molecule has 0 saturated carbocycles. The first-order valence-electron chi connectivity index (χ1n) is 6.78. The molecular formula is C14H22ClN3. The second kappa shape index (κ2) is 6.39. The van der Waals surface area contributed by atoms with Gasteiger partial charge in [-0.2, -0.15) is 0 Å². The van der Waals surface area contributed by atoms with Gasteiger partial charge < -0.3 is 5.32 Å². The minimum atomic E-state index is 0.770. The van der Waals surface area contributed by atoms with E-state index in [1.54, 1.807) is 0 Å². The molecule has 0 spiro atoms. The fourth-order valence-electron chi connectivity index (χ4n) is 2.50. The van der Waals surface area contributed by atoms with Crippen molar-refractivity contribution in [3.05, 3.63) is 22.8 Å². The molecule has 1 aromatic rings. The van der Waals surface area contributed by atoms with E-state index in [-0.39, 0.29) is 0 Å². The van der Waals surface area contributed by atoms with Gasteiger partial charge in [0, 0.05) is 13.6 Å². The smallest absolute Gasteiger partial charge is 0.126 e. The van der Waals surface area contributed by atoms with E-state index in [4.69, 9.17) is 11.6 Å². The van der Waals surface area contributed by atoms with Gasteiger partial charge in [-0.1, -0.05) is 24.9 Å². The van der Waals surface area contributed by atoms with Gasteiger partial charge in [0.15, 0.2) is 0 Å². The Labute approximate surface area is 115 Å². The van der Waals surface area contributed by atoms with Crippen molar-refractivity contribution in [2.45, 2.75) is 32.7 Å². The minimum absolute atomic E-state index is 0.770. The first-order valence-corrected chi connectivity index (χ1v) is 7.16. The highest BCUT2D eigenvalue weighted by Crippen LogP contribution is 2.23. The first kappa shape index (κ1) is 13.6. The Balaban J connectivity index is 1.97. The van der Waals surface area contributed by atoms with Crippen LogP contribution in [0.2, 0.25) is 5.02 Å². The quantitative estimate of drug-likeness (QED) is 0.906. The van der Waals surface area contributed by atoms with E-state index < -0.39 is 0 Å². The number of anilines is 1. The second-order valence-electron chi connectivity index (χ2n) is 5.00. The molecule has 1 N–H and O–H groups in total. The number of piperidine rings is 1. The summed E-state index contributed by atoms with van der Waals surface area (Å²) in [6, 6.07) is 3.84. The average molecular weight is 268 g/mol. The van der Waals surface area contributed by atoms with Crippen LogP contribution in [-0.4, -0.2) is 30.0 Å². The third kappa shape index (κ3) is 3.36. The maximum atomic E-state index is 6.21. The number of hydrogen-bond acceptors (Lipinski definition) is 3. The van der Waals surface area contributed by atoms with Crippen LogP contribution in [0, 0.1) is 5.92 Å². The number of nitrogens with zero attached hydrogens (tertiary/aromatic N) is 2. The zero-order valence-electron chi connectivity index (χ0n) is 11.2. The van der Waals surface area contributed by atoms with Gasteiger partial charge in [0.2, 0.25) is 0 Å².